The second kappa shape index (κ2) is 8.24. The maximum atomic E-state index is 11.2. The minimum atomic E-state index is -2.87. The Morgan fingerprint density at radius 2 is 1.96 bits per heavy atom. The van der Waals surface area contributed by atoms with Gasteiger partial charge in [-0.25, -0.2) is 8.42 Å². The lowest BCUT2D eigenvalue weighted by Crippen LogP contribution is -2.53. The van der Waals surface area contributed by atoms with Gasteiger partial charge in [-0.05, 0) is 25.5 Å². The van der Waals surface area contributed by atoms with E-state index in [1.807, 2.05) is 30.3 Å². The largest absolute Gasteiger partial charge is 0.387 e. The third-order valence-corrected chi connectivity index (χ3v) is 5.46. The molecule has 1 N–H and O–H groups in total. The lowest BCUT2D eigenvalue weighted by atomic mass is 10.1. The molecular formula is C17H28N2O3S. The fourth-order valence-electron chi connectivity index (χ4n) is 3.10. The molecule has 1 saturated heterocycles. The summed E-state index contributed by atoms with van der Waals surface area (Å²) in [6, 6.07) is 10.1. The van der Waals surface area contributed by atoms with Crippen molar-refractivity contribution in [2.24, 2.45) is 0 Å². The van der Waals surface area contributed by atoms with Gasteiger partial charge in [0.25, 0.3) is 0 Å². The van der Waals surface area contributed by atoms with Gasteiger partial charge in [0.2, 0.25) is 0 Å². The summed E-state index contributed by atoms with van der Waals surface area (Å²) in [4.78, 5) is 4.63. The number of piperazine rings is 1. The first-order valence-corrected chi connectivity index (χ1v) is 10.3. The summed E-state index contributed by atoms with van der Waals surface area (Å²) in [5.41, 5.74) is 0.954. The minimum absolute atomic E-state index is 0.258. The number of rotatable bonds is 7. The second-order valence-corrected chi connectivity index (χ2v) is 8.81. The van der Waals surface area contributed by atoms with Crippen molar-refractivity contribution in [3.63, 3.8) is 0 Å². The summed E-state index contributed by atoms with van der Waals surface area (Å²) in [5, 5.41) is 10.4. The van der Waals surface area contributed by atoms with Crippen molar-refractivity contribution in [3.05, 3.63) is 35.9 Å². The molecule has 2 rings (SSSR count). The molecule has 0 saturated carbocycles. The van der Waals surface area contributed by atoms with E-state index < -0.39 is 15.9 Å². The predicted molar refractivity (Wildman–Crippen MR) is 93.2 cm³/mol. The number of sulfone groups is 1. The number of nitrogens with zero attached hydrogens (tertiary/aromatic N) is 2. The van der Waals surface area contributed by atoms with Crippen molar-refractivity contribution < 1.29 is 13.5 Å². The third-order valence-electron chi connectivity index (χ3n) is 4.43. The molecule has 0 unspecified atom stereocenters. The number of aliphatic hydroxyl groups excluding tert-OH is 1. The normalized spacial score (nSPS) is 22.1. The Morgan fingerprint density at radius 1 is 1.26 bits per heavy atom. The van der Waals surface area contributed by atoms with Crippen LogP contribution in [0.1, 0.15) is 25.0 Å². The van der Waals surface area contributed by atoms with E-state index in [1.165, 1.54) is 6.26 Å². The molecule has 5 nitrogen and oxygen atoms in total. The summed E-state index contributed by atoms with van der Waals surface area (Å²) in [5.74, 6) is 0.258. The molecule has 0 aromatic heterocycles. The molecule has 2 atom stereocenters. The highest BCUT2D eigenvalue weighted by Crippen LogP contribution is 2.17. The zero-order chi connectivity index (χ0) is 16.9. The molecule has 1 heterocycles. The summed E-state index contributed by atoms with van der Waals surface area (Å²) < 4.78 is 22.4. The first-order valence-electron chi connectivity index (χ1n) is 8.22. The molecule has 0 spiro atoms. The topological polar surface area (TPSA) is 60.9 Å². The third kappa shape index (κ3) is 6.22. The molecule has 1 aliphatic rings. The van der Waals surface area contributed by atoms with Crippen LogP contribution in [-0.2, 0) is 9.84 Å². The molecule has 0 amide bonds. The molecule has 1 aliphatic heterocycles. The van der Waals surface area contributed by atoms with E-state index in [2.05, 4.69) is 16.7 Å². The van der Waals surface area contributed by atoms with Gasteiger partial charge in [-0.2, -0.15) is 0 Å². The van der Waals surface area contributed by atoms with Crippen LogP contribution in [0.2, 0.25) is 0 Å². The molecule has 1 fully saturated rings. The average Bonchev–Trinajstić information content (AvgIpc) is 2.49. The van der Waals surface area contributed by atoms with Gasteiger partial charge in [-0.3, -0.25) is 4.90 Å². The van der Waals surface area contributed by atoms with Crippen LogP contribution in [0.15, 0.2) is 30.3 Å². The van der Waals surface area contributed by atoms with Gasteiger partial charge in [0.05, 0.1) is 11.9 Å². The fourth-order valence-corrected chi connectivity index (χ4v) is 3.75. The Morgan fingerprint density at radius 3 is 2.57 bits per heavy atom. The molecule has 0 bridgehead atoms. The van der Waals surface area contributed by atoms with Crippen molar-refractivity contribution in [3.8, 4) is 0 Å². The monoisotopic (exact) mass is 340 g/mol. The van der Waals surface area contributed by atoms with Gasteiger partial charge in [-0.1, -0.05) is 30.3 Å². The van der Waals surface area contributed by atoms with Gasteiger partial charge in [0.1, 0.15) is 9.84 Å². The van der Waals surface area contributed by atoms with Crippen molar-refractivity contribution in [1.29, 1.82) is 0 Å². The zero-order valence-corrected chi connectivity index (χ0v) is 14.9. The highest BCUT2D eigenvalue weighted by Gasteiger charge is 2.25. The quantitative estimate of drug-likeness (QED) is 0.807. The first-order chi connectivity index (χ1) is 10.8. The molecule has 23 heavy (non-hydrogen) atoms. The predicted octanol–water partition coefficient (Wildman–Crippen LogP) is 1.16. The van der Waals surface area contributed by atoms with Gasteiger partial charge in [-0.15, -0.1) is 0 Å². The lowest BCUT2D eigenvalue weighted by Gasteiger charge is -2.40. The zero-order valence-electron chi connectivity index (χ0n) is 14.1. The van der Waals surface area contributed by atoms with Crippen LogP contribution in [0.3, 0.4) is 0 Å². The van der Waals surface area contributed by atoms with Gasteiger partial charge >= 0.3 is 0 Å². The van der Waals surface area contributed by atoms with E-state index in [4.69, 9.17) is 0 Å². The Hall–Kier alpha value is -0.950. The van der Waals surface area contributed by atoms with Crippen LogP contribution < -0.4 is 0 Å². The standard InChI is InChI=1S/C17H28N2O3S/c1-15-13-18(9-6-12-23(2,21)22)10-11-19(15)14-17(20)16-7-4-3-5-8-16/h3-5,7-8,15,17,20H,6,9-14H2,1-2H3/t15-,17+/m0/s1. The average molecular weight is 340 g/mol. The van der Waals surface area contributed by atoms with E-state index in [-0.39, 0.29) is 5.75 Å². The SMILES string of the molecule is C[C@H]1CN(CCCS(C)(=O)=O)CCN1C[C@@H](O)c1ccccc1. The van der Waals surface area contributed by atoms with Crippen molar-refractivity contribution >= 4 is 9.84 Å². The highest BCUT2D eigenvalue weighted by atomic mass is 32.2. The number of aliphatic hydroxyl groups is 1. The van der Waals surface area contributed by atoms with E-state index in [9.17, 15) is 13.5 Å². The molecule has 1 aromatic carbocycles. The summed E-state index contributed by atoms with van der Waals surface area (Å²) in [6.45, 7) is 6.39. The maximum absolute atomic E-state index is 11.2. The van der Waals surface area contributed by atoms with Crippen LogP contribution in [0.25, 0.3) is 0 Å². The van der Waals surface area contributed by atoms with Crippen molar-refractivity contribution in [2.75, 3.05) is 44.7 Å². The van der Waals surface area contributed by atoms with Crippen LogP contribution in [0.5, 0.6) is 0 Å². The van der Waals surface area contributed by atoms with Crippen molar-refractivity contribution in [2.45, 2.75) is 25.5 Å². The number of β-amino-alcohol motifs (C(OH)–C–C–N with tert-alkyl or cyclic N) is 1. The molecule has 0 aliphatic carbocycles. The van der Waals surface area contributed by atoms with Crippen LogP contribution in [-0.4, -0.2) is 74.1 Å². The molecular weight excluding hydrogens is 312 g/mol. The highest BCUT2D eigenvalue weighted by molar-refractivity contribution is 7.90. The van der Waals surface area contributed by atoms with E-state index >= 15 is 0 Å². The summed E-state index contributed by atoms with van der Waals surface area (Å²) in [6.07, 6.45) is 1.52. The fraction of sp³-hybridized carbons (Fsp3) is 0.647. The smallest absolute Gasteiger partial charge is 0.147 e. The second-order valence-electron chi connectivity index (χ2n) is 6.55. The van der Waals surface area contributed by atoms with E-state index in [0.29, 0.717) is 19.0 Å². The van der Waals surface area contributed by atoms with E-state index in [1.54, 1.807) is 0 Å². The van der Waals surface area contributed by atoms with Crippen molar-refractivity contribution in [1.82, 2.24) is 9.80 Å². The van der Waals surface area contributed by atoms with Crippen LogP contribution >= 0.6 is 0 Å². The van der Waals surface area contributed by atoms with Gasteiger partial charge in [0, 0.05) is 38.5 Å². The molecule has 1 aromatic rings. The lowest BCUT2D eigenvalue weighted by molar-refractivity contribution is 0.0390. The molecule has 130 valence electrons. The maximum Gasteiger partial charge on any atom is 0.147 e. The Bertz CT molecular complexity index is 577. The number of benzene rings is 1. The van der Waals surface area contributed by atoms with Gasteiger partial charge < -0.3 is 10.0 Å². The number of hydrogen-bond donors (Lipinski definition) is 1. The molecule has 0 radical (unpaired) electrons. The Labute approximate surface area is 139 Å². The summed E-state index contributed by atoms with van der Waals surface area (Å²) in [7, 11) is -2.87. The summed E-state index contributed by atoms with van der Waals surface area (Å²) >= 11 is 0. The van der Waals surface area contributed by atoms with Crippen LogP contribution in [0.4, 0.5) is 0 Å². The number of hydrogen-bond acceptors (Lipinski definition) is 5. The van der Waals surface area contributed by atoms with Crippen LogP contribution in [0, 0.1) is 0 Å². The van der Waals surface area contributed by atoms with Gasteiger partial charge in [0.15, 0.2) is 0 Å². The molecule has 6 heteroatoms. The minimum Gasteiger partial charge on any atom is -0.387 e. The Kier molecular flexibility index (Phi) is 6.59. The Balaban J connectivity index is 1.78. The van der Waals surface area contributed by atoms with E-state index in [0.717, 1.165) is 31.7 Å². The first kappa shape index (κ1) is 18.4.